The van der Waals surface area contributed by atoms with Gasteiger partial charge in [-0.25, -0.2) is 4.98 Å². The molecule has 112 valence electrons. The summed E-state index contributed by atoms with van der Waals surface area (Å²) in [6, 6.07) is 4.74. The highest BCUT2D eigenvalue weighted by atomic mass is 16.6. The number of rotatable bonds is 7. The lowest BCUT2D eigenvalue weighted by atomic mass is 10.1. The van der Waals surface area contributed by atoms with E-state index in [0.29, 0.717) is 11.7 Å². The van der Waals surface area contributed by atoms with Crippen LogP contribution < -0.4 is 5.32 Å². The molecule has 1 N–H and O–H groups in total. The lowest BCUT2D eigenvalue weighted by Crippen LogP contribution is -2.14. The molecule has 1 aromatic carbocycles. The molecule has 2 aromatic rings. The third-order valence-electron chi connectivity index (χ3n) is 3.25. The Hall–Kier alpha value is -2.21. The van der Waals surface area contributed by atoms with Gasteiger partial charge in [0.2, 0.25) is 0 Å². The number of nitro groups is 1. The number of nitrogens with zero attached hydrogens (tertiary/aromatic N) is 2. The molecule has 21 heavy (non-hydrogen) atoms. The van der Waals surface area contributed by atoms with Gasteiger partial charge in [0.25, 0.3) is 5.69 Å². The lowest BCUT2D eigenvalue weighted by Gasteiger charge is -2.02. The van der Waals surface area contributed by atoms with Crippen molar-refractivity contribution in [2.75, 3.05) is 13.1 Å². The zero-order chi connectivity index (χ0) is 15.2. The highest BCUT2D eigenvalue weighted by molar-refractivity contribution is 5.64. The fraction of sp³-hybridized carbons (Fsp3) is 0.400. The first kappa shape index (κ1) is 15.2. The van der Waals surface area contributed by atoms with E-state index in [2.05, 4.69) is 17.2 Å². The smallest absolute Gasteiger partial charge is 0.270 e. The molecule has 0 aliphatic rings. The van der Waals surface area contributed by atoms with Gasteiger partial charge in [0.15, 0.2) is 11.7 Å². The van der Waals surface area contributed by atoms with E-state index in [9.17, 15) is 10.1 Å². The number of nitro benzene ring substituents is 1. The maximum atomic E-state index is 10.9. The van der Waals surface area contributed by atoms with E-state index in [-0.39, 0.29) is 5.69 Å². The Balaban J connectivity index is 2.13. The van der Waals surface area contributed by atoms with Crippen LogP contribution in [-0.4, -0.2) is 23.0 Å². The van der Waals surface area contributed by atoms with Crippen LogP contribution in [0.1, 0.15) is 24.8 Å². The number of hydrogen-bond acceptors (Lipinski definition) is 5. The summed E-state index contributed by atoms with van der Waals surface area (Å²) in [5, 5.41) is 14.1. The summed E-state index contributed by atoms with van der Waals surface area (Å²) in [7, 11) is 0. The van der Waals surface area contributed by atoms with Crippen molar-refractivity contribution in [3.8, 4) is 11.3 Å². The maximum Gasteiger partial charge on any atom is 0.270 e. The summed E-state index contributed by atoms with van der Waals surface area (Å²) < 4.78 is 5.70. The Bertz CT molecular complexity index is 622. The van der Waals surface area contributed by atoms with Crippen molar-refractivity contribution >= 4 is 5.69 Å². The molecule has 0 saturated heterocycles. The zero-order valence-corrected chi connectivity index (χ0v) is 12.3. The molecular weight excluding hydrogens is 270 g/mol. The molecule has 1 heterocycles. The first-order chi connectivity index (χ1) is 10.1. The van der Waals surface area contributed by atoms with Crippen LogP contribution in [0, 0.1) is 17.0 Å². The Kier molecular flexibility index (Phi) is 5.05. The van der Waals surface area contributed by atoms with Crippen LogP contribution in [0.25, 0.3) is 11.3 Å². The van der Waals surface area contributed by atoms with Crippen molar-refractivity contribution in [1.82, 2.24) is 10.3 Å². The molecule has 0 bridgehead atoms. The van der Waals surface area contributed by atoms with Crippen molar-refractivity contribution in [3.63, 3.8) is 0 Å². The van der Waals surface area contributed by atoms with Crippen LogP contribution in [-0.2, 0) is 6.42 Å². The topological polar surface area (TPSA) is 81.2 Å². The van der Waals surface area contributed by atoms with Gasteiger partial charge in [-0.3, -0.25) is 10.1 Å². The summed E-state index contributed by atoms with van der Waals surface area (Å²) in [6.45, 7) is 5.83. The number of nitrogens with one attached hydrogen (secondary N) is 1. The van der Waals surface area contributed by atoms with Gasteiger partial charge in [0.05, 0.1) is 11.1 Å². The molecule has 0 fully saturated rings. The lowest BCUT2D eigenvalue weighted by molar-refractivity contribution is -0.384. The van der Waals surface area contributed by atoms with E-state index >= 15 is 0 Å². The van der Waals surface area contributed by atoms with Crippen molar-refractivity contribution in [2.45, 2.75) is 26.7 Å². The quantitative estimate of drug-likeness (QED) is 0.481. The van der Waals surface area contributed by atoms with Gasteiger partial charge in [0, 0.05) is 24.1 Å². The molecule has 0 atom stereocenters. The summed E-state index contributed by atoms with van der Waals surface area (Å²) in [5.41, 5.74) is 1.70. The average molecular weight is 289 g/mol. The highest BCUT2D eigenvalue weighted by Crippen LogP contribution is 2.28. The second kappa shape index (κ2) is 6.99. The number of aryl methyl sites for hydroxylation is 2. The molecule has 6 heteroatoms. The van der Waals surface area contributed by atoms with Crippen molar-refractivity contribution in [1.29, 1.82) is 0 Å². The van der Waals surface area contributed by atoms with Gasteiger partial charge < -0.3 is 9.73 Å². The van der Waals surface area contributed by atoms with E-state index in [4.69, 9.17) is 4.42 Å². The summed E-state index contributed by atoms with van der Waals surface area (Å²) >= 11 is 0. The highest BCUT2D eigenvalue weighted by Gasteiger charge is 2.13. The number of oxazole rings is 1. The largest absolute Gasteiger partial charge is 0.441 e. The normalized spacial score (nSPS) is 10.8. The SMILES string of the molecule is CCNCCCc1ncc(-c2cc([N+](=O)[O-])ccc2C)o1. The third kappa shape index (κ3) is 3.88. The Morgan fingerprint density at radius 1 is 1.43 bits per heavy atom. The third-order valence-corrected chi connectivity index (χ3v) is 3.25. The molecule has 0 saturated carbocycles. The van der Waals surface area contributed by atoms with E-state index in [1.165, 1.54) is 12.1 Å². The van der Waals surface area contributed by atoms with Crippen molar-refractivity contribution in [2.24, 2.45) is 0 Å². The van der Waals surface area contributed by atoms with Crippen LogP contribution in [0.15, 0.2) is 28.8 Å². The number of non-ortho nitro benzene ring substituents is 1. The molecular formula is C15H19N3O3. The molecule has 0 unspecified atom stereocenters. The second-order valence-corrected chi connectivity index (χ2v) is 4.83. The van der Waals surface area contributed by atoms with Gasteiger partial charge in [-0.05, 0) is 32.0 Å². The second-order valence-electron chi connectivity index (χ2n) is 4.83. The van der Waals surface area contributed by atoms with Crippen LogP contribution in [0.2, 0.25) is 0 Å². The van der Waals surface area contributed by atoms with Gasteiger partial charge in [-0.1, -0.05) is 13.0 Å². The Morgan fingerprint density at radius 2 is 2.24 bits per heavy atom. The monoisotopic (exact) mass is 289 g/mol. The molecule has 0 radical (unpaired) electrons. The fourth-order valence-electron chi connectivity index (χ4n) is 2.08. The molecule has 0 aliphatic heterocycles. The molecule has 6 nitrogen and oxygen atoms in total. The van der Waals surface area contributed by atoms with Gasteiger partial charge in [0.1, 0.15) is 0 Å². The number of benzene rings is 1. The predicted octanol–water partition coefficient (Wildman–Crippen LogP) is 3.10. The first-order valence-corrected chi connectivity index (χ1v) is 7.02. The van der Waals surface area contributed by atoms with Crippen LogP contribution >= 0.6 is 0 Å². The Morgan fingerprint density at radius 3 is 2.95 bits per heavy atom. The summed E-state index contributed by atoms with van der Waals surface area (Å²) in [4.78, 5) is 14.7. The molecule has 1 aromatic heterocycles. The van der Waals surface area contributed by atoms with Crippen molar-refractivity contribution in [3.05, 3.63) is 46.0 Å². The minimum absolute atomic E-state index is 0.0562. The molecule has 0 aliphatic carbocycles. The van der Waals surface area contributed by atoms with Gasteiger partial charge in [-0.15, -0.1) is 0 Å². The fourth-order valence-corrected chi connectivity index (χ4v) is 2.08. The van der Waals surface area contributed by atoms with E-state index in [1.807, 2.05) is 6.92 Å². The average Bonchev–Trinajstić information content (AvgIpc) is 2.92. The number of hydrogen-bond donors (Lipinski definition) is 1. The summed E-state index contributed by atoms with van der Waals surface area (Å²) in [5.74, 6) is 1.24. The van der Waals surface area contributed by atoms with E-state index < -0.39 is 4.92 Å². The van der Waals surface area contributed by atoms with E-state index in [0.717, 1.165) is 37.1 Å². The first-order valence-electron chi connectivity index (χ1n) is 7.02. The van der Waals surface area contributed by atoms with Crippen molar-refractivity contribution < 1.29 is 9.34 Å². The molecule has 0 amide bonds. The minimum Gasteiger partial charge on any atom is -0.441 e. The predicted molar refractivity (Wildman–Crippen MR) is 80.2 cm³/mol. The maximum absolute atomic E-state index is 10.9. The Labute approximate surface area is 123 Å². The van der Waals surface area contributed by atoms with E-state index in [1.54, 1.807) is 12.3 Å². The minimum atomic E-state index is -0.406. The summed E-state index contributed by atoms with van der Waals surface area (Å²) in [6.07, 6.45) is 3.33. The zero-order valence-electron chi connectivity index (χ0n) is 12.3. The van der Waals surface area contributed by atoms with Crippen LogP contribution in [0.5, 0.6) is 0 Å². The molecule has 0 spiro atoms. The van der Waals surface area contributed by atoms with Crippen LogP contribution in [0.4, 0.5) is 5.69 Å². The van der Waals surface area contributed by atoms with Crippen LogP contribution in [0.3, 0.4) is 0 Å². The standard InChI is InChI=1S/C15H19N3O3/c1-3-16-8-4-5-15-17-10-14(21-15)13-9-12(18(19)20)7-6-11(13)2/h6-7,9-10,16H,3-5,8H2,1-2H3. The van der Waals surface area contributed by atoms with Gasteiger partial charge in [-0.2, -0.15) is 0 Å². The number of aromatic nitrogens is 1. The van der Waals surface area contributed by atoms with Gasteiger partial charge >= 0.3 is 0 Å². The molecule has 2 rings (SSSR count).